The van der Waals surface area contributed by atoms with Gasteiger partial charge < -0.3 is 20.7 Å². The fourth-order valence-corrected chi connectivity index (χ4v) is 2.76. The van der Waals surface area contributed by atoms with Crippen LogP contribution in [0.1, 0.15) is 27.9 Å². The Labute approximate surface area is 185 Å². The van der Waals surface area contributed by atoms with Crippen molar-refractivity contribution in [2.24, 2.45) is 0 Å². The standard InChI is InChI=1S/C22H24ClN3O5/c1-14-6-3-4-7-16(14)22(30)24-11-10-21(29)31-13-20(28)25-12-19(27)26-18-9-5-8-17(23)15(18)2/h3-9H,10-13H2,1-2H3,(H,24,30)(H,25,28)(H,26,27). The Hall–Kier alpha value is -3.39. The van der Waals surface area contributed by atoms with Gasteiger partial charge in [-0.3, -0.25) is 19.2 Å². The van der Waals surface area contributed by atoms with Crippen LogP contribution in [0.5, 0.6) is 0 Å². The van der Waals surface area contributed by atoms with Gasteiger partial charge in [0.05, 0.1) is 13.0 Å². The molecule has 0 saturated heterocycles. The van der Waals surface area contributed by atoms with E-state index in [1.807, 2.05) is 19.1 Å². The van der Waals surface area contributed by atoms with Crippen molar-refractivity contribution in [1.82, 2.24) is 10.6 Å². The van der Waals surface area contributed by atoms with E-state index in [0.717, 1.165) is 5.56 Å². The average Bonchev–Trinajstić information content (AvgIpc) is 2.74. The minimum absolute atomic E-state index is 0.0784. The van der Waals surface area contributed by atoms with Gasteiger partial charge in [0.15, 0.2) is 6.61 Å². The minimum Gasteiger partial charge on any atom is -0.456 e. The van der Waals surface area contributed by atoms with Gasteiger partial charge in [-0.05, 0) is 43.2 Å². The van der Waals surface area contributed by atoms with E-state index in [4.69, 9.17) is 16.3 Å². The number of anilines is 1. The maximum Gasteiger partial charge on any atom is 0.308 e. The van der Waals surface area contributed by atoms with Gasteiger partial charge >= 0.3 is 5.97 Å². The van der Waals surface area contributed by atoms with E-state index >= 15 is 0 Å². The summed E-state index contributed by atoms with van der Waals surface area (Å²) in [5, 5.41) is 8.15. The smallest absolute Gasteiger partial charge is 0.308 e. The highest BCUT2D eigenvalue weighted by atomic mass is 35.5. The lowest BCUT2D eigenvalue weighted by Crippen LogP contribution is -2.36. The SMILES string of the molecule is Cc1ccccc1C(=O)NCCC(=O)OCC(=O)NCC(=O)Nc1cccc(Cl)c1C. The zero-order valence-electron chi connectivity index (χ0n) is 17.3. The molecule has 8 nitrogen and oxygen atoms in total. The van der Waals surface area contributed by atoms with Gasteiger partial charge in [-0.1, -0.05) is 35.9 Å². The molecule has 2 aromatic carbocycles. The number of benzene rings is 2. The van der Waals surface area contributed by atoms with Gasteiger partial charge in [0.2, 0.25) is 5.91 Å². The summed E-state index contributed by atoms with van der Waals surface area (Å²) in [6.07, 6.45) is -0.0839. The maximum absolute atomic E-state index is 12.1. The van der Waals surface area contributed by atoms with E-state index in [2.05, 4.69) is 16.0 Å². The monoisotopic (exact) mass is 445 g/mol. The molecule has 3 amide bonds. The molecule has 0 aliphatic carbocycles. The Morgan fingerprint density at radius 1 is 0.935 bits per heavy atom. The molecular formula is C22H24ClN3O5. The van der Waals surface area contributed by atoms with Gasteiger partial charge in [0.25, 0.3) is 11.8 Å². The zero-order valence-corrected chi connectivity index (χ0v) is 18.0. The summed E-state index contributed by atoms with van der Waals surface area (Å²) in [7, 11) is 0. The van der Waals surface area contributed by atoms with Crippen molar-refractivity contribution in [3.8, 4) is 0 Å². The van der Waals surface area contributed by atoms with Crippen molar-refractivity contribution in [2.75, 3.05) is 25.0 Å². The molecule has 0 aliphatic rings. The molecule has 0 bridgehead atoms. The lowest BCUT2D eigenvalue weighted by molar-refractivity contribution is -0.148. The number of halogens is 1. The molecule has 3 N–H and O–H groups in total. The topological polar surface area (TPSA) is 114 Å². The summed E-state index contributed by atoms with van der Waals surface area (Å²) in [4.78, 5) is 47.5. The van der Waals surface area contributed by atoms with E-state index < -0.39 is 24.4 Å². The van der Waals surface area contributed by atoms with Crippen LogP contribution in [0.4, 0.5) is 5.69 Å². The summed E-state index contributed by atoms with van der Waals surface area (Å²) < 4.78 is 4.85. The second-order valence-corrected chi connectivity index (χ2v) is 7.13. The van der Waals surface area contributed by atoms with Gasteiger partial charge in [0.1, 0.15) is 0 Å². The van der Waals surface area contributed by atoms with Crippen LogP contribution in [0.2, 0.25) is 5.02 Å². The molecule has 9 heteroatoms. The molecule has 0 saturated carbocycles. The van der Waals surface area contributed by atoms with Crippen molar-refractivity contribution in [1.29, 1.82) is 0 Å². The molecule has 0 unspecified atom stereocenters. The van der Waals surface area contributed by atoms with Crippen LogP contribution < -0.4 is 16.0 Å². The van der Waals surface area contributed by atoms with Crippen LogP contribution in [0.3, 0.4) is 0 Å². The lowest BCUT2D eigenvalue weighted by Gasteiger charge is -2.10. The third-order valence-electron chi connectivity index (χ3n) is 4.36. The Bertz CT molecular complexity index is 977. The van der Waals surface area contributed by atoms with Crippen LogP contribution in [0, 0.1) is 13.8 Å². The van der Waals surface area contributed by atoms with Crippen molar-refractivity contribution >= 4 is 41.0 Å². The third-order valence-corrected chi connectivity index (χ3v) is 4.77. The summed E-state index contributed by atoms with van der Waals surface area (Å²) in [5.74, 6) is -1.98. The first-order chi connectivity index (χ1) is 14.8. The highest BCUT2D eigenvalue weighted by Crippen LogP contribution is 2.22. The van der Waals surface area contributed by atoms with Gasteiger partial charge in [-0.2, -0.15) is 0 Å². The summed E-state index contributed by atoms with van der Waals surface area (Å²) in [5.41, 5.74) is 2.62. The summed E-state index contributed by atoms with van der Waals surface area (Å²) in [6, 6.07) is 12.2. The summed E-state index contributed by atoms with van der Waals surface area (Å²) >= 11 is 5.99. The molecule has 164 valence electrons. The first-order valence-corrected chi connectivity index (χ1v) is 9.97. The van der Waals surface area contributed by atoms with E-state index in [9.17, 15) is 19.2 Å². The molecular weight excluding hydrogens is 422 g/mol. The van der Waals surface area contributed by atoms with Crippen LogP contribution in [0.15, 0.2) is 42.5 Å². The Kier molecular flexibility index (Phi) is 9.02. The maximum atomic E-state index is 12.1. The molecule has 0 heterocycles. The second kappa shape index (κ2) is 11.7. The number of carbonyl (C=O) groups excluding carboxylic acids is 4. The van der Waals surface area contributed by atoms with Crippen molar-refractivity contribution < 1.29 is 23.9 Å². The fourth-order valence-electron chi connectivity index (χ4n) is 2.59. The first kappa shape index (κ1) is 23.9. The zero-order chi connectivity index (χ0) is 22.8. The molecule has 0 radical (unpaired) electrons. The average molecular weight is 446 g/mol. The van der Waals surface area contributed by atoms with E-state index in [0.29, 0.717) is 21.8 Å². The Morgan fingerprint density at radius 3 is 2.42 bits per heavy atom. The van der Waals surface area contributed by atoms with Gasteiger partial charge in [-0.25, -0.2) is 0 Å². The molecule has 2 aromatic rings. The first-order valence-electron chi connectivity index (χ1n) is 9.59. The number of carbonyl (C=O) groups is 4. The summed E-state index contributed by atoms with van der Waals surface area (Å²) in [6.45, 7) is 2.86. The Morgan fingerprint density at radius 2 is 1.68 bits per heavy atom. The van der Waals surface area contributed by atoms with E-state index in [1.165, 1.54) is 0 Å². The van der Waals surface area contributed by atoms with Crippen molar-refractivity contribution in [3.63, 3.8) is 0 Å². The largest absolute Gasteiger partial charge is 0.456 e. The molecule has 0 aromatic heterocycles. The predicted molar refractivity (Wildman–Crippen MR) is 117 cm³/mol. The molecule has 0 fully saturated rings. The molecule has 0 spiro atoms. The number of rotatable bonds is 9. The molecule has 2 rings (SSSR count). The quantitative estimate of drug-likeness (QED) is 0.513. The number of hydrogen-bond acceptors (Lipinski definition) is 5. The fraction of sp³-hybridized carbons (Fsp3) is 0.273. The highest BCUT2D eigenvalue weighted by Gasteiger charge is 2.12. The molecule has 0 atom stereocenters. The molecule has 0 aliphatic heterocycles. The van der Waals surface area contributed by atoms with Crippen LogP contribution in [-0.4, -0.2) is 43.4 Å². The van der Waals surface area contributed by atoms with Gasteiger partial charge in [-0.15, -0.1) is 0 Å². The predicted octanol–water partition coefficient (Wildman–Crippen LogP) is 2.37. The number of esters is 1. The minimum atomic E-state index is -0.640. The normalized spacial score (nSPS) is 10.2. The van der Waals surface area contributed by atoms with Crippen LogP contribution >= 0.6 is 11.6 Å². The van der Waals surface area contributed by atoms with E-state index in [1.54, 1.807) is 37.3 Å². The third kappa shape index (κ3) is 7.75. The highest BCUT2D eigenvalue weighted by molar-refractivity contribution is 6.31. The van der Waals surface area contributed by atoms with E-state index in [-0.39, 0.29) is 25.4 Å². The molecule has 31 heavy (non-hydrogen) atoms. The van der Waals surface area contributed by atoms with Crippen molar-refractivity contribution in [3.05, 3.63) is 64.2 Å². The lowest BCUT2D eigenvalue weighted by atomic mass is 10.1. The van der Waals surface area contributed by atoms with Crippen LogP contribution in [0.25, 0.3) is 0 Å². The number of hydrogen-bond donors (Lipinski definition) is 3. The van der Waals surface area contributed by atoms with Crippen LogP contribution in [-0.2, 0) is 19.1 Å². The number of ether oxygens (including phenoxy) is 1. The number of nitrogens with one attached hydrogen (secondary N) is 3. The second-order valence-electron chi connectivity index (χ2n) is 6.72. The van der Waals surface area contributed by atoms with Gasteiger partial charge in [0, 0.05) is 22.8 Å². The van der Waals surface area contributed by atoms with Crippen molar-refractivity contribution in [2.45, 2.75) is 20.3 Å². The number of aryl methyl sites for hydroxylation is 1. The Balaban J connectivity index is 1.64. The number of amides is 3.